The Morgan fingerprint density at radius 3 is 2.20 bits per heavy atom. The molecule has 0 N–H and O–H groups in total. The first-order chi connectivity index (χ1) is 9.65. The first-order valence-electron chi connectivity index (χ1n) is 6.22. The summed E-state index contributed by atoms with van der Waals surface area (Å²) in [6.45, 7) is 0. The minimum Gasteiger partial charge on any atom is -0.497 e. The van der Waals surface area contributed by atoms with E-state index in [1.54, 1.807) is 44.4 Å². The van der Waals surface area contributed by atoms with E-state index in [4.69, 9.17) is 9.47 Å². The van der Waals surface area contributed by atoms with E-state index >= 15 is 0 Å². The Hall–Kier alpha value is -2.49. The number of hydrogen-bond acceptors (Lipinski definition) is 3. The molecule has 0 saturated carbocycles. The van der Waals surface area contributed by atoms with Crippen LogP contribution in [-0.4, -0.2) is 27.2 Å². The molecule has 0 heterocycles. The fourth-order valence-electron chi connectivity index (χ4n) is 1.87. The van der Waals surface area contributed by atoms with Crippen LogP contribution in [0.5, 0.6) is 11.5 Å². The van der Waals surface area contributed by atoms with Gasteiger partial charge >= 0.3 is 0 Å². The molecule has 0 spiro atoms. The molecule has 20 heavy (non-hydrogen) atoms. The summed E-state index contributed by atoms with van der Waals surface area (Å²) in [7, 11) is 4.93. The van der Waals surface area contributed by atoms with Crippen LogP contribution in [0.2, 0.25) is 0 Å². The van der Waals surface area contributed by atoms with Crippen molar-refractivity contribution >= 4 is 11.6 Å². The number of anilines is 1. The van der Waals surface area contributed by atoms with Gasteiger partial charge in [-0.3, -0.25) is 4.79 Å². The predicted molar refractivity (Wildman–Crippen MR) is 78.7 cm³/mol. The molecule has 1 amide bonds. The zero-order chi connectivity index (χ0) is 14.5. The predicted octanol–water partition coefficient (Wildman–Crippen LogP) is 2.98. The van der Waals surface area contributed by atoms with E-state index in [2.05, 4.69) is 0 Å². The van der Waals surface area contributed by atoms with Crippen molar-refractivity contribution in [2.75, 3.05) is 26.2 Å². The summed E-state index contributed by atoms with van der Waals surface area (Å²) in [5.74, 6) is 1.34. The molecule has 2 aromatic carbocycles. The SMILES string of the molecule is COc1ccc(N(C)C(=O)c2cccc(OC)c2)cc1. The van der Waals surface area contributed by atoms with E-state index in [9.17, 15) is 4.79 Å². The van der Waals surface area contributed by atoms with Crippen molar-refractivity contribution in [3.8, 4) is 11.5 Å². The van der Waals surface area contributed by atoms with Crippen LogP contribution >= 0.6 is 0 Å². The van der Waals surface area contributed by atoms with Crippen LogP contribution in [0.3, 0.4) is 0 Å². The molecular weight excluding hydrogens is 254 g/mol. The Bertz CT molecular complexity index is 593. The van der Waals surface area contributed by atoms with Gasteiger partial charge in [0.1, 0.15) is 11.5 Å². The third-order valence-electron chi connectivity index (χ3n) is 3.08. The van der Waals surface area contributed by atoms with Gasteiger partial charge in [0.05, 0.1) is 14.2 Å². The number of methoxy groups -OCH3 is 2. The first kappa shape index (κ1) is 13.9. The van der Waals surface area contributed by atoms with Crippen molar-refractivity contribution in [2.45, 2.75) is 0 Å². The van der Waals surface area contributed by atoms with Gasteiger partial charge in [0, 0.05) is 18.3 Å². The minimum absolute atomic E-state index is 0.0888. The zero-order valence-corrected chi connectivity index (χ0v) is 11.8. The maximum absolute atomic E-state index is 12.4. The highest BCUT2D eigenvalue weighted by molar-refractivity contribution is 6.05. The summed E-state index contributed by atoms with van der Waals surface area (Å²) < 4.78 is 10.2. The summed E-state index contributed by atoms with van der Waals surface area (Å²) >= 11 is 0. The number of ether oxygens (including phenoxy) is 2. The van der Waals surface area contributed by atoms with Crippen molar-refractivity contribution in [2.24, 2.45) is 0 Å². The molecule has 0 aromatic heterocycles. The first-order valence-corrected chi connectivity index (χ1v) is 6.22. The summed E-state index contributed by atoms with van der Waals surface area (Å²) in [4.78, 5) is 14.0. The molecule has 0 fully saturated rings. The largest absolute Gasteiger partial charge is 0.497 e. The smallest absolute Gasteiger partial charge is 0.258 e. The monoisotopic (exact) mass is 271 g/mol. The molecule has 0 aliphatic rings. The number of hydrogen-bond donors (Lipinski definition) is 0. The van der Waals surface area contributed by atoms with Crippen molar-refractivity contribution in [1.29, 1.82) is 0 Å². The Morgan fingerprint density at radius 1 is 0.950 bits per heavy atom. The Balaban J connectivity index is 2.22. The average Bonchev–Trinajstić information content (AvgIpc) is 2.53. The lowest BCUT2D eigenvalue weighted by molar-refractivity contribution is 0.0992. The van der Waals surface area contributed by atoms with E-state index in [-0.39, 0.29) is 5.91 Å². The molecule has 0 unspecified atom stereocenters. The third kappa shape index (κ3) is 2.91. The van der Waals surface area contributed by atoms with Crippen molar-refractivity contribution < 1.29 is 14.3 Å². The molecule has 4 nitrogen and oxygen atoms in total. The summed E-state index contributed by atoms with van der Waals surface area (Å²) in [5.41, 5.74) is 1.39. The number of carbonyl (C=O) groups excluding carboxylic acids is 1. The molecule has 0 aliphatic heterocycles. The van der Waals surface area contributed by atoms with Crippen LogP contribution in [0.25, 0.3) is 0 Å². The van der Waals surface area contributed by atoms with Gasteiger partial charge in [0.25, 0.3) is 5.91 Å². The standard InChI is InChI=1S/C16H17NO3/c1-17(13-7-9-14(19-2)10-8-13)16(18)12-5-4-6-15(11-12)20-3/h4-11H,1-3H3. The van der Waals surface area contributed by atoms with Crippen molar-refractivity contribution in [1.82, 2.24) is 0 Å². The fourth-order valence-corrected chi connectivity index (χ4v) is 1.87. The van der Waals surface area contributed by atoms with Crippen LogP contribution in [0, 0.1) is 0 Å². The zero-order valence-electron chi connectivity index (χ0n) is 11.8. The Morgan fingerprint density at radius 2 is 1.60 bits per heavy atom. The summed E-state index contributed by atoms with van der Waals surface area (Å²) in [5, 5.41) is 0. The summed E-state index contributed by atoms with van der Waals surface area (Å²) in [6.07, 6.45) is 0. The molecule has 104 valence electrons. The van der Waals surface area contributed by atoms with Gasteiger partial charge in [-0.15, -0.1) is 0 Å². The number of nitrogens with zero attached hydrogens (tertiary/aromatic N) is 1. The molecule has 4 heteroatoms. The van der Waals surface area contributed by atoms with Crippen LogP contribution < -0.4 is 14.4 Å². The van der Waals surface area contributed by atoms with Crippen LogP contribution in [0.1, 0.15) is 10.4 Å². The number of carbonyl (C=O) groups is 1. The second-order valence-corrected chi connectivity index (χ2v) is 4.29. The van der Waals surface area contributed by atoms with E-state index in [0.29, 0.717) is 11.3 Å². The van der Waals surface area contributed by atoms with E-state index < -0.39 is 0 Å². The van der Waals surface area contributed by atoms with Crippen LogP contribution in [0.15, 0.2) is 48.5 Å². The van der Waals surface area contributed by atoms with Crippen molar-refractivity contribution in [3.05, 3.63) is 54.1 Å². The van der Waals surface area contributed by atoms with Gasteiger partial charge < -0.3 is 14.4 Å². The molecule has 0 atom stereocenters. The molecule has 0 bridgehead atoms. The number of amides is 1. The van der Waals surface area contributed by atoms with Crippen LogP contribution in [-0.2, 0) is 0 Å². The van der Waals surface area contributed by atoms with Gasteiger partial charge in [-0.2, -0.15) is 0 Å². The number of rotatable bonds is 4. The highest BCUT2D eigenvalue weighted by Gasteiger charge is 2.14. The quantitative estimate of drug-likeness (QED) is 0.858. The molecule has 0 aliphatic carbocycles. The topological polar surface area (TPSA) is 38.8 Å². The lowest BCUT2D eigenvalue weighted by Crippen LogP contribution is -2.26. The Labute approximate surface area is 118 Å². The molecule has 2 rings (SSSR count). The van der Waals surface area contributed by atoms with Crippen LogP contribution in [0.4, 0.5) is 5.69 Å². The highest BCUT2D eigenvalue weighted by atomic mass is 16.5. The molecule has 0 saturated heterocycles. The minimum atomic E-state index is -0.0888. The van der Waals surface area contributed by atoms with E-state index in [1.807, 2.05) is 30.3 Å². The molecule has 0 radical (unpaired) electrons. The van der Waals surface area contributed by atoms with Gasteiger partial charge in [-0.1, -0.05) is 6.07 Å². The highest BCUT2D eigenvalue weighted by Crippen LogP contribution is 2.21. The van der Waals surface area contributed by atoms with Gasteiger partial charge in [-0.25, -0.2) is 0 Å². The molecular formula is C16H17NO3. The lowest BCUT2D eigenvalue weighted by Gasteiger charge is -2.18. The van der Waals surface area contributed by atoms with Gasteiger partial charge in [0.15, 0.2) is 0 Å². The van der Waals surface area contributed by atoms with E-state index in [0.717, 1.165) is 11.4 Å². The number of benzene rings is 2. The lowest BCUT2D eigenvalue weighted by atomic mass is 10.1. The molecule has 2 aromatic rings. The summed E-state index contributed by atoms with van der Waals surface area (Å²) in [6, 6.07) is 14.4. The van der Waals surface area contributed by atoms with Gasteiger partial charge in [0.2, 0.25) is 0 Å². The fraction of sp³-hybridized carbons (Fsp3) is 0.188. The maximum Gasteiger partial charge on any atom is 0.258 e. The van der Waals surface area contributed by atoms with Gasteiger partial charge in [-0.05, 0) is 42.5 Å². The second kappa shape index (κ2) is 6.10. The van der Waals surface area contributed by atoms with Crippen molar-refractivity contribution in [3.63, 3.8) is 0 Å². The average molecular weight is 271 g/mol. The second-order valence-electron chi connectivity index (χ2n) is 4.29. The normalized spacial score (nSPS) is 9.95. The third-order valence-corrected chi connectivity index (χ3v) is 3.08. The maximum atomic E-state index is 12.4. The van der Waals surface area contributed by atoms with E-state index in [1.165, 1.54) is 0 Å². The Kier molecular flexibility index (Phi) is 4.25.